The normalized spacial score (nSPS) is 24.3. The third kappa shape index (κ3) is 4.43. The van der Waals surface area contributed by atoms with Gasteiger partial charge in [0.1, 0.15) is 6.54 Å². The third-order valence-corrected chi connectivity index (χ3v) is 2.77. The van der Waals surface area contributed by atoms with Gasteiger partial charge in [-0.1, -0.05) is 0 Å². The average Bonchev–Trinajstić information content (AvgIpc) is 2.74. The lowest BCUT2D eigenvalue weighted by molar-refractivity contribution is -0.163. The predicted octanol–water partition coefficient (Wildman–Crippen LogP) is -0.254. The lowest BCUT2D eigenvalue weighted by atomic mass is 10.1. The van der Waals surface area contributed by atoms with E-state index in [1.165, 1.54) is 7.11 Å². The van der Waals surface area contributed by atoms with Gasteiger partial charge in [-0.15, -0.1) is 0 Å². The molecule has 18 heavy (non-hydrogen) atoms. The number of alkyl halides is 3. The smallest absolute Gasteiger partial charge is 0.395 e. The Morgan fingerprint density at radius 3 is 2.67 bits per heavy atom. The van der Waals surface area contributed by atoms with Crippen LogP contribution in [-0.2, 0) is 9.53 Å². The van der Waals surface area contributed by atoms with Crippen LogP contribution in [0.5, 0.6) is 0 Å². The Kier molecular flexibility index (Phi) is 5.36. The molecule has 0 aromatic rings. The highest BCUT2D eigenvalue weighted by atomic mass is 19.4. The van der Waals surface area contributed by atoms with Gasteiger partial charge in [0.05, 0.1) is 18.8 Å². The molecule has 8 heteroatoms. The molecule has 0 aromatic carbocycles. The summed E-state index contributed by atoms with van der Waals surface area (Å²) < 4.78 is 41.9. The van der Waals surface area contributed by atoms with Gasteiger partial charge in [-0.05, 0) is 6.42 Å². The van der Waals surface area contributed by atoms with E-state index in [1.807, 2.05) is 0 Å². The van der Waals surface area contributed by atoms with Crippen molar-refractivity contribution < 1.29 is 27.8 Å². The first-order valence-corrected chi connectivity index (χ1v) is 5.60. The van der Waals surface area contributed by atoms with Crippen molar-refractivity contribution in [2.24, 2.45) is 0 Å². The van der Waals surface area contributed by atoms with E-state index < -0.39 is 31.3 Å². The molecule has 0 spiro atoms. The van der Waals surface area contributed by atoms with Crippen LogP contribution in [0.4, 0.5) is 13.2 Å². The average molecular weight is 270 g/mol. The van der Waals surface area contributed by atoms with Gasteiger partial charge in [0, 0.05) is 20.2 Å². The number of hydrogen-bond acceptors (Lipinski definition) is 4. The molecule has 106 valence electrons. The van der Waals surface area contributed by atoms with Crippen molar-refractivity contribution in [2.45, 2.75) is 24.7 Å². The summed E-state index contributed by atoms with van der Waals surface area (Å²) in [4.78, 5) is 12.5. The highest BCUT2D eigenvalue weighted by Crippen LogP contribution is 2.19. The van der Waals surface area contributed by atoms with Crippen LogP contribution in [0.3, 0.4) is 0 Å². The number of halogens is 3. The van der Waals surface area contributed by atoms with E-state index in [1.54, 1.807) is 0 Å². The Balaban J connectivity index is 2.60. The Hall–Kier alpha value is -0.860. The van der Waals surface area contributed by atoms with Gasteiger partial charge in [0.2, 0.25) is 5.91 Å². The monoisotopic (exact) mass is 270 g/mol. The second-order valence-electron chi connectivity index (χ2n) is 4.15. The van der Waals surface area contributed by atoms with Crippen LogP contribution in [-0.4, -0.2) is 67.6 Å². The predicted molar refractivity (Wildman–Crippen MR) is 56.9 cm³/mol. The molecule has 1 saturated heterocycles. The minimum atomic E-state index is -4.47. The number of rotatable bonds is 5. The summed E-state index contributed by atoms with van der Waals surface area (Å²) in [5.41, 5.74) is 0. The Labute approximate surface area is 103 Å². The number of amides is 1. The number of aliphatic hydroxyl groups is 1. The topological polar surface area (TPSA) is 61.8 Å². The minimum Gasteiger partial charge on any atom is -0.395 e. The maximum Gasteiger partial charge on any atom is 0.406 e. The molecule has 2 N–H and O–H groups in total. The largest absolute Gasteiger partial charge is 0.406 e. The van der Waals surface area contributed by atoms with E-state index in [9.17, 15) is 18.0 Å². The number of aliphatic hydroxyl groups excluding tert-OH is 1. The summed E-state index contributed by atoms with van der Waals surface area (Å²) in [6, 6.07) is -0.677. The maximum atomic E-state index is 12.3. The third-order valence-electron chi connectivity index (χ3n) is 2.77. The highest BCUT2D eigenvalue weighted by Gasteiger charge is 2.37. The van der Waals surface area contributed by atoms with Crippen molar-refractivity contribution in [1.82, 2.24) is 10.2 Å². The number of carbonyl (C=O) groups is 1. The maximum absolute atomic E-state index is 12.3. The molecule has 0 saturated carbocycles. The number of ether oxygens (including phenoxy) is 1. The van der Waals surface area contributed by atoms with E-state index in [2.05, 4.69) is 5.32 Å². The number of nitrogens with one attached hydrogen (secondary N) is 1. The molecule has 1 amide bonds. The van der Waals surface area contributed by atoms with Gasteiger partial charge in [-0.3, -0.25) is 4.79 Å². The molecule has 1 aliphatic heterocycles. The molecule has 2 atom stereocenters. The van der Waals surface area contributed by atoms with Crippen molar-refractivity contribution in [2.75, 3.05) is 33.4 Å². The van der Waals surface area contributed by atoms with Crippen LogP contribution < -0.4 is 5.32 Å². The summed E-state index contributed by atoms with van der Waals surface area (Å²) in [7, 11) is 1.49. The van der Waals surface area contributed by atoms with Crippen molar-refractivity contribution in [3.05, 3.63) is 0 Å². The van der Waals surface area contributed by atoms with E-state index in [4.69, 9.17) is 9.84 Å². The summed E-state index contributed by atoms with van der Waals surface area (Å²) in [5.74, 6) is -0.652. The van der Waals surface area contributed by atoms with Crippen molar-refractivity contribution in [1.29, 1.82) is 0 Å². The van der Waals surface area contributed by atoms with Crippen molar-refractivity contribution in [3.8, 4) is 0 Å². The lowest BCUT2D eigenvalue weighted by Gasteiger charge is -2.25. The highest BCUT2D eigenvalue weighted by molar-refractivity contribution is 5.82. The van der Waals surface area contributed by atoms with Gasteiger partial charge in [0.25, 0.3) is 0 Å². The second-order valence-corrected chi connectivity index (χ2v) is 4.15. The number of hydrogen-bond donors (Lipinski definition) is 2. The van der Waals surface area contributed by atoms with Gasteiger partial charge >= 0.3 is 6.18 Å². The molecular weight excluding hydrogens is 253 g/mol. The van der Waals surface area contributed by atoms with Crippen LogP contribution in [0.1, 0.15) is 6.42 Å². The SMILES string of the molecule is COC1CNC(C(=O)N(CCO)CC(F)(F)F)C1. The molecule has 5 nitrogen and oxygen atoms in total. The zero-order chi connectivity index (χ0) is 13.8. The Morgan fingerprint density at radius 1 is 1.56 bits per heavy atom. The summed E-state index contributed by atoms with van der Waals surface area (Å²) in [6.07, 6.45) is -4.29. The number of nitrogens with zero attached hydrogens (tertiary/aromatic N) is 1. The van der Waals surface area contributed by atoms with Crippen LogP contribution in [0.25, 0.3) is 0 Å². The Bertz CT molecular complexity index is 286. The standard InChI is InChI=1S/C10H17F3N2O3/c1-18-7-4-8(14-5-7)9(17)15(2-3-16)6-10(11,12)13/h7-8,14,16H,2-6H2,1H3. The zero-order valence-corrected chi connectivity index (χ0v) is 10.0. The lowest BCUT2D eigenvalue weighted by Crippen LogP contribution is -2.48. The van der Waals surface area contributed by atoms with E-state index in [-0.39, 0.29) is 12.6 Å². The summed E-state index contributed by atoms with van der Waals surface area (Å²) >= 11 is 0. The molecule has 1 heterocycles. The molecule has 0 aliphatic carbocycles. The quantitative estimate of drug-likeness (QED) is 0.723. The minimum absolute atomic E-state index is 0.166. The van der Waals surface area contributed by atoms with Crippen molar-refractivity contribution >= 4 is 5.91 Å². The van der Waals surface area contributed by atoms with Gasteiger partial charge in [0.15, 0.2) is 0 Å². The van der Waals surface area contributed by atoms with Crippen molar-refractivity contribution in [3.63, 3.8) is 0 Å². The van der Waals surface area contributed by atoms with Gasteiger partial charge < -0.3 is 20.1 Å². The van der Waals surface area contributed by atoms with Crippen LogP contribution in [0, 0.1) is 0 Å². The van der Waals surface area contributed by atoms with Gasteiger partial charge in [-0.25, -0.2) is 0 Å². The fourth-order valence-electron chi connectivity index (χ4n) is 1.90. The fourth-order valence-corrected chi connectivity index (χ4v) is 1.90. The van der Waals surface area contributed by atoms with E-state index in [0.717, 1.165) is 0 Å². The van der Waals surface area contributed by atoms with Crippen LogP contribution in [0.15, 0.2) is 0 Å². The first-order valence-electron chi connectivity index (χ1n) is 5.60. The van der Waals surface area contributed by atoms with E-state index >= 15 is 0 Å². The van der Waals surface area contributed by atoms with E-state index in [0.29, 0.717) is 17.9 Å². The summed E-state index contributed by atoms with van der Waals surface area (Å²) in [5, 5.41) is 11.5. The molecular formula is C10H17F3N2O3. The molecule has 0 bridgehead atoms. The summed E-state index contributed by atoms with van der Waals surface area (Å²) in [6.45, 7) is -1.73. The second kappa shape index (κ2) is 6.35. The van der Waals surface area contributed by atoms with Gasteiger partial charge in [-0.2, -0.15) is 13.2 Å². The molecule has 1 rings (SSSR count). The van der Waals surface area contributed by atoms with Crippen LogP contribution in [0.2, 0.25) is 0 Å². The molecule has 1 aliphatic rings. The molecule has 0 aromatic heterocycles. The zero-order valence-electron chi connectivity index (χ0n) is 10.0. The molecule has 1 fully saturated rings. The number of methoxy groups -OCH3 is 1. The van der Waals surface area contributed by atoms with Crippen LogP contribution >= 0.6 is 0 Å². The molecule has 0 radical (unpaired) electrons. The first kappa shape index (κ1) is 15.2. The number of carbonyl (C=O) groups excluding carboxylic acids is 1. The molecule has 2 unspecified atom stereocenters. The first-order chi connectivity index (χ1) is 8.37. The Morgan fingerprint density at radius 2 is 2.22 bits per heavy atom. The fraction of sp³-hybridized carbons (Fsp3) is 0.900.